The maximum absolute atomic E-state index is 5.21. The highest BCUT2D eigenvalue weighted by molar-refractivity contribution is 7.11. The van der Waals surface area contributed by atoms with Crippen LogP contribution in [-0.4, -0.2) is 19.1 Å². The van der Waals surface area contributed by atoms with Crippen LogP contribution >= 0.6 is 11.3 Å². The van der Waals surface area contributed by atoms with Crippen molar-refractivity contribution in [3.63, 3.8) is 0 Å². The van der Waals surface area contributed by atoms with Gasteiger partial charge in [-0.1, -0.05) is 29.8 Å². The molecule has 4 heteroatoms. The minimum absolute atomic E-state index is 0.585. The Labute approximate surface area is 118 Å². The van der Waals surface area contributed by atoms with Gasteiger partial charge < -0.3 is 10.1 Å². The van der Waals surface area contributed by atoms with Crippen LogP contribution in [0.5, 0.6) is 0 Å². The normalized spacial score (nSPS) is 10.9. The molecule has 0 aliphatic heterocycles. The minimum Gasteiger partial charge on any atom is -0.378 e. The molecule has 1 heterocycles. The van der Waals surface area contributed by atoms with E-state index in [0.29, 0.717) is 6.61 Å². The van der Waals surface area contributed by atoms with Crippen molar-refractivity contribution in [1.82, 2.24) is 10.3 Å². The fraction of sp³-hybridized carbons (Fsp3) is 0.400. The van der Waals surface area contributed by atoms with Gasteiger partial charge in [-0.15, -0.1) is 11.3 Å². The summed E-state index contributed by atoms with van der Waals surface area (Å²) in [6, 6.07) is 8.59. The third-order valence-electron chi connectivity index (χ3n) is 2.88. The van der Waals surface area contributed by atoms with Crippen LogP contribution in [0.1, 0.15) is 26.7 Å². The number of thiazole rings is 1. The van der Waals surface area contributed by atoms with E-state index in [1.165, 1.54) is 16.0 Å². The lowest BCUT2D eigenvalue weighted by atomic mass is 10.1. The monoisotopic (exact) mass is 276 g/mol. The minimum atomic E-state index is 0.585. The number of hydrogen-bond acceptors (Lipinski definition) is 4. The predicted molar refractivity (Wildman–Crippen MR) is 79.6 cm³/mol. The van der Waals surface area contributed by atoms with E-state index in [-0.39, 0.29) is 0 Å². The topological polar surface area (TPSA) is 34.2 Å². The Morgan fingerprint density at radius 1 is 1.37 bits per heavy atom. The van der Waals surface area contributed by atoms with Gasteiger partial charge in [-0.3, -0.25) is 0 Å². The Morgan fingerprint density at radius 2 is 2.21 bits per heavy atom. The Kier molecular flexibility index (Phi) is 5.07. The molecule has 0 saturated heterocycles. The van der Waals surface area contributed by atoms with Gasteiger partial charge in [-0.2, -0.15) is 0 Å². The van der Waals surface area contributed by atoms with Crippen molar-refractivity contribution >= 4 is 11.3 Å². The highest BCUT2D eigenvalue weighted by Gasteiger charge is 2.10. The van der Waals surface area contributed by atoms with Crippen LogP contribution in [0.4, 0.5) is 0 Å². The van der Waals surface area contributed by atoms with Gasteiger partial charge in [0.2, 0.25) is 0 Å². The molecular weight excluding hydrogens is 256 g/mol. The van der Waals surface area contributed by atoms with Crippen molar-refractivity contribution in [3.8, 4) is 0 Å². The number of rotatable bonds is 6. The van der Waals surface area contributed by atoms with Crippen molar-refractivity contribution in [2.75, 3.05) is 14.2 Å². The number of nitrogens with zero attached hydrogens (tertiary/aromatic N) is 1. The lowest BCUT2D eigenvalue weighted by molar-refractivity contribution is 0.181. The number of aryl methyl sites for hydroxylation is 1. The second-order valence-corrected chi connectivity index (χ2v) is 5.77. The van der Waals surface area contributed by atoms with Crippen LogP contribution in [0, 0.1) is 6.92 Å². The van der Waals surface area contributed by atoms with E-state index in [1.54, 1.807) is 18.4 Å². The van der Waals surface area contributed by atoms with Gasteiger partial charge in [0, 0.05) is 25.0 Å². The van der Waals surface area contributed by atoms with Crippen LogP contribution in [0.2, 0.25) is 0 Å². The Balaban J connectivity index is 2.18. The molecule has 0 aliphatic carbocycles. The van der Waals surface area contributed by atoms with E-state index in [9.17, 15) is 0 Å². The van der Waals surface area contributed by atoms with Crippen LogP contribution in [-0.2, 0) is 24.3 Å². The van der Waals surface area contributed by atoms with Crippen molar-refractivity contribution in [2.24, 2.45) is 0 Å². The van der Waals surface area contributed by atoms with E-state index in [4.69, 9.17) is 9.72 Å². The first-order valence-corrected chi connectivity index (χ1v) is 7.21. The average molecular weight is 276 g/mol. The summed E-state index contributed by atoms with van der Waals surface area (Å²) in [7, 11) is 3.67. The SMILES string of the molecule is CNCc1sc(Cc2cccc(C)c2)nc1COC. The van der Waals surface area contributed by atoms with Crippen LogP contribution < -0.4 is 5.32 Å². The lowest BCUT2D eigenvalue weighted by Gasteiger charge is -1.99. The number of hydrogen-bond donors (Lipinski definition) is 1. The van der Waals surface area contributed by atoms with Crippen molar-refractivity contribution in [2.45, 2.75) is 26.5 Å². The number of benzene rings is 1. The molecule has 19 heavy (non-hydrogen) atoms. The predicted octanol–water partition coefficient (Wildman–Crippen LogP) is 2.91. The summed E-state index contributed by atoms with van der Waals surface area (Å²) in [6.07, 6.45) is 0.896. The Morgan fingerprint density at radius 3 is 2.89 bits per heavy atom. The fourth-order valence-corrected chi connectivity index (χ4v) is 3.18. The zero-order valence-electron chi connectivity index (χ0n) is 11.7. The second kappa shape index (κ2) is 6.80. The highest BCUT2D eigenvalue weighted by Crippen LogP contribution is 2.22. The third kappa shape index (κ3) is 3.86. The molecule has 2 aromatic rings. The van der Waals surface area contributed by atoms with Gasteiger partial charge in [0.15, 0.2) is 0 Å². The summed E-state index contributed by atoms with van der Waals surface area (Å²) in [4.78, 5) is 5.97. The van der Waals surface area contributed by atoms with Gasteiger partial charge in [0.05, 0.1) is 17.3 Å². The Bertz CT molecular complexity index is 513. The molecule has 0 aliphatic rings. The maximum Gasteiger partial charge on any atom is 0.0976 e. The van der Waals surface area contributed by atoms with E-state index < -0.39 is 0 Å². The smallest absolute Gasteiger partial charge is 0.0976 e. The highest BCUT2D eigenvalue weighted by atomic mass is 32.1. The molecule has 0 spiro atoms. The number of ether oxygens (including phenoxy) is 1. The van der Waals surface area contributed by atoms with Crippen LogP contribution in [0.3, 0.4) is 0 Å². The standard InChI is InChI=1S/C15H20N2OS/c1-11-5-4-6-12(7-11)8-15-17-13(10-18-3)14(19-15)9-16-2/h4-7,16H,8-10H2,1-3H3. The van der Waals surface area contributed by atoms with Gasteiger partial charge in [0.1, 0.15) is 0 Å². The number of aromatic nitrogens is 1. The van der Waals surface area contributed by atoms with E-state index >= 15 is 0 Å². The van der Waals surface area contributed by atoms with Crippen molar-refractivity contribution < 1.29 is 4.74 Å². The summed E-state index contributed by atoms with van der Waals surface area (Å²) in [6.45, 7) is 3.56. The maximum atomic E-state index is 5.21. The molecule has 102 valence electrons. The molecule has 2 rings (SSSR count). The molecule has 0 radical (unpaired) electrons. The van der Waals surface area contributed by atoms with E-state index in [0.717, 1.165) is 23.7 Å². The summed E-state index contributed by atoms with van der Waals surface area (Å²) >= 11 is 1.77. The molecule has 0 atom stereocenters. The largest absolute Gasteiger partial charge is 0.378 e. The van der Waals surface area contributed by atoms with Crippen molar-refractivity contribution in [3.05, 3.63) is 51.0 Å². The van der Waals surface area contributed by atoms with E-state index in [1.807, 2.05) is 7.05 Å². The molecule has 1 aromatic carbocycles. The Hall–Kier alpha value is -1.23. The second-order valence-electron chi connectivity index (χ2n) is 4.61. The summed E-state index contributed by atoms with van der Waals surface area (Å²) in [5, 5.41) is 4.34. The lowest BCUT2D eigenvalue weighted by Crippen LogP contribution is -2.06. The first-order valence-electron chi connectivity index (χ1n) is 6.39. The molecule has 0 amide bonds. The summed E-state index contributed by atoms with van der Waals surface area (Å²) in [5.41, 5.74) is 3.67. The van der Waals surface area contributed by atoms with Gasteiger partial charge in [0.25, 0.3) is 0 Å². The quantitative estimate of drug-likeness (QED) is 0.881. The first-order chi connectivity index (χ1) is 9.22. The number of methoxy groups -OCH3 is 1. The van der Waals surface area contributed by atoms with Crippen LogP contribution in [0.15, 0.2) is 24.3 Å². The molecule has 0 fully saturated rings. The molecule has 0 saturated carbocycles. The number of nitrogens with one attached hydrogen (secondary N) is 1. The molecule has 3 nitrogen and oxygen atoms in total. The molecule has 0 unspecified atom stereocenters. The average Bonchev–Trinajstić information content (AvgIpc) is 2.72. The van der Waals surface area contributed by atoms with Gasteiger partial charge in [-0.25, -0.2) is 4.98 Å². The summed E-state index contributed by atoms with van der Waals surface area (Å²) in [5.74, 6) is 0. The van der Waals surface area contributed by atoms with Crippen LogP contribution in [0.25, 0.3) is 0 Å². The molecule has 1 aromatic heterocycles. The zero-order chi connectivity index (χ0) is 13.7. The zero-order valence-corrected chi connectivity index (χ0v) is 12.5. The summed E-state index contributed by atoms with van der Waals surface area (Å²) < 4.78 is 5.21. The molecule has 0 bridgehead atoms. The van der Waals surface area contributed by atoms with E-state index in [2.05, 4.69) is 36.5 Å². The molecular formula is C15H20N2OS. The van der Waals surface area contributed by atoms with Gasteiger partial charge >= 0.3 is 0 Å². The first kappa shape index (κ1) is 14.2. The van der Waals surface area contributed by atoms with Gasteiger partial charge in [-0.05, 0) is 19.5 Å². The van der Waals surface area contributed by atoms with Crippen molar-refractivity contribution in [1.29, 1.82) is 0 Å². The molecule has 1 N–H and O–H groups in total. The fourth-order valence-electron chi connectivity index (χ4n) is 2.06. The third-order valence-corrected chi connectivity index (χ3v) is 3.98.